The summed E-state index contributed by atoms with van der Waals surface area (Å²) in [6, 6.07) is 15.9. The van der Waals surface area contributed by atoms with Crippen molar-refractivity contribution in [1.82, 2.24) is 19.2 Å². The second-order valence-corrected chi connectivity index (χ2v) is 7.37. The van der Waals surface area contributed by atoms with E-state index in [0.29, 0.717) is 17.2 Å². The highest BCUT2D eigenvalue weighted by Gasteiger charge is 2.15. The number of fused-ring (bicyclic) bond motifs is 2. The van der Waals surface area contributed by atoms with Crippen LogP contribution < -0.4 is 19.5 Å². The molecule has 0 bridgehead atoms. The second kappa shape index (κ2) is 7.81. The van der Waals surface area contributed by atoms with Crippen LogP contribution in [0, 0.1) is 0 Å². The highest BCUT2D eigenvalue weighted by Crippen LogP contribution is 2.40. The van der Waals surface area contributed by atoms with Crippen molar-refractivity contribution in [3.63, 3.8) is 0 Å². The first-order valence-corrected chi connectivity index (χ1v) is 10.1. The number of rotatable bonds is 6. The molecule has 2 aromatic carbocycles. The smallest absolute Gasteiger partial charge is 0.203 e. The maximum absolute atomic E-state index is 5.46. The van der Waals surface area contributed by atoms with E-state index in [1.807, 2.05) is 48.0 Å². The van der Waals surface area contributed by atoms with Crippen LogP contribution in [-0.4, -0.2) is 40.5 Å². The molecule has 1 N–H and O–H groups in total. The Kier molecular flexibility index (Phi) is 4.82. The summed E-state index contributed by atoms with van der Waals surface area (Å²) in [7, 11) is 6.82. The molecule has 0 aliphatic heterocycles. The van der Waals surface area contributed by atoms with Crippen molar-refractivity contribution >= 4 is 27.9 Å². The van der Waals surface area contributed by atoms with Crippen LogP contribution in [0.4, 0.5) is 11.4 Å². The Morgan fingerprint density at radius 1 is 0.844 bits per heavy atom. The maximum Gasteiger partial charge on any atom is 0.203 e. The Labute approximate surface area is 185 Å². The van der Waals surface area contributed by atoms with Crippen LogP contribution in [0.5, 0.6) is 17.2 Å². The minimum absolute atomic E-state index is 0.549. The quantitative estimate of drug-likeness (QED) is 0.423. The van der Waals surface area contributed by atoms with Crippen LogP contribution >= 0.6 is 0 Å². The van der Waals surface area contributed by atoms with Crippen molar-refractivity contribution in [2.45, 2.75) is 0 Å². The number of benzene rings is 2. The van der Waals surface area contributed by atoms with E-state index in [9.17, 15) is 0 Å². The molecule has 3 heterocycles. The zero-order valence-electron chi connectivity index (χ0n) is 18.3. The molecule has 0 aliphatic carbocycles. The first-order valence-electron chi connectivity index (χ1n) is 10.1. The lowest BCUT2D eigenvalue weighted by Gasteiger charge is -2.15. The van der Waals surface area contributed by atoms with Gasteiger partial charge in [-0.15, -0.1) is 10.2 Å². The number of methoxy groups -OCH3 is 3. The number of ether oxygens (including phenoxy) is 3. The molecule has 32 heavy (non-hydrogen) atoms. The van der Waals surface area contributed by atoms with Crippen molar-refractivity contribution in [3.05, 3.63) is 60.9 Å². The summed E-state index contributed by atoms with van der Waals surface area (Å²) in [5.41, 5.74) is 4.61. The van der Waals surface area contributed by atoms with Crippen molar-refractivity contribution in [3.8, 4) is 28.6 Å². The molecule has 3 aromatic heterocycles. The SMILES string of the molecule is COc1cc(Nc2ccc3nnc(-c4cccc5c4ccn5C)n3c2)cc(OC)c1OC. The topological polar surface area (TPSA) is 74.8 Å². The molecular formula is C24H23N5O3. The van der Waals surface area contributed by atoms with Crippen LogP contribution in [-0.2, 0) is 7.05 Å². The first-order chi connectivity index (χ1) is 15.6. The van der Waals surface area contributed by atoms with Crippen molar-refractivity contribution in [2.24, 2.45) is 7.05 Å². The van der Waals surface area contributed by atoms with Gasteiger partial charge in [-0.05, 0) is 24.3 Å². The average molecular weight is 429 g/mol. The van der Waals surface area contributed by atoms with Gasteiger partial charge in [0.2, 0.25) is 5.75 Å². The predicted octanol–water partition coefficient (Wildman–Crippen LogP) is 4.66. The fourth-order valence-electron chi connectivity index (χ4n) is 3.97. The second-order valence-electron chi connectivity index (χ2n) is 7.37. The van der Waals surface area contributed by atoms with Crippen LogP contribution in [0.2, 0.25) is 0 Å². The van der Waals surface area contributed by atoms with Gasteiger partial charge in [-0.1, -0.05) is 12.1 Å². The third-order valence-electron chi connectivity index (χ3n) is 5.52. The maximum atomic E-state index is 5.46. The van der Waals surface area contributed by atoms with Crippen molar-refractivity contribution in [1.29, 1.82) is 0 Å². The number of nitrogens with one attached hydrogen (secondary N) is 1. The van der Waals surface area contributed by atoms with Gasteiger partial charge in [0.05, 0.1) is 27.0 Å². The molecule has 162 valence electrons. The number of nitrogens with zero attached hydrogens (tertiary/aromatic N) is 4. The Balaban J connectivity index is 1.58. The molecule has 5 rings (SSSR count). The molecule has 0 radical (unpaired) electrons. The lowest BCUT2D eigenvalue weighted by Crippen LogP contribution is -1.99. The normalized spacial score (nSPS) is 11.1. The zero-order valence-corrected chi connectivity index (χ0v) is 18.3. The van der Waals surface area contributed by atoms with Gasteiger partial charge >= 0.3 is 0 Å². The molecule has 0 unspecified atom stereocenters. The van der Waals surface area contributed by atoms with Gasteiger partial charge in [-0.2, -0.15) is 0 Å². The third kappa shape index (κ3) is 3.17. The van der Waals surface area contributed by atoms with Crippen LogP contribution in [0.1, 0.15) is 0 Å². The summed E-state index contributed by atoms with van der Waals surface area (Å²) >= 11 is 0. The molecule has 0 amide bonds. The first kappa shape index (κ1) is 19.7. The van der Waals surface area contributed by atoms with Gasteiger partial charge in [0.25, 0.3) is 0 Å². The standard InChI is InChI=1S/C24H23N5O3/c1-28-11-10-17-18(6-5-7-19(17)28)24-27-26-22-9-8-15(14-29(22)24)25-16-12-20(30-2)23(32-4)21(13-16)31-3/h5-14,25H,1-4H3. The van der Waals surface area contributed by atoms with E-state index in [-0.39, 0.29) is 0 Å². The van der Waals surface area contributed by atoms with Crippen LogP contribution in [0.3, 0.4) is 0 Å². The fraction of sp³-hybridized carbons (Fsp3) is 0.167. The lowest BCUT2D eigenvalue weighted by molar-refractivity contribution is 0.324. The molecule has 0 saturated heterocycles. The average Bonchev–Trinajstić information content (AvgIpc) is 3.41. The van der Waals surface area contributed by atoms with E-state index in [0.717, 1.165) is 39.3 Å². The van der Waals surface area contributed by atoms with E-state index in [2.05, 4.69) is 44.5 Å². The number of hydrogen-bond acceptors (Lipinski definition) is 6. The van der Waals surface area contributed by atoms with Crippen LogP contribution in [0.15, 0.2) is 60.9 Å². The summed E-state index contributed by atoms with van der Waals surface area (Å²) in [5.74, 6) is 2.49. The van der Waals surface area contributed by atoms with Crippen molar-refractivity contribution in [2.75, 3.05) is 26.6 Å². The minimum Gasteiger partial charge on any atom is -0.493 e. The Hall–Kier alpha value is -4.20. The van der Waals surface area contributed by atoms with Gasteiger partial charge in [-0.25, -0.2) is 0 Å². The number of anilines is 2. The molecule has 0 spiro atoms. The number of pyridine rings is 1. The molecule has 0 aliphatic rings. The number of aromatic nitrogens is 4. The molecule has 0 saturated carbocycles. The van der Waals surface area contributed by atoms with Gasteiger partial charge < -0.3 is 24.1 Å². The lowest BCUT2D eigenvalue weighted by atomic mass is 10.1. The van der Waals surface area contributed by atoms with Crippen molar-refractivity contribution < 1.29 is 14.2 Å². The molecule has 8 heteroatoms. The van der Waals surface area contributed by atoms with Gasteiger partial charge in [0.1, 0.15) is 0 Å². The monoisotopic (exact) mass is 429 g/mol. The van der Waals surface area contributed by atoms with Gasteiger partial charge in [-0.3, -0.25) is 4.40 Å². The van der Waals surface area contributed by atoms with Crippen LogP contribution in [0.25, 0.3) is 27.9 Å². The van der Waals surface area contributed by atoms with Gasteiger partial charge in [0, 0.05) is 53.7 Å². The Bertz CT molecular complexity index is 1410. The van der Waals surface area contributed by atoms with E-state index < -0.39 is 0 Å². The molecule has 0 atom stereocenters. The summed E-state index contributed by atoms with van der Waals surface area (Å²) in [6.07, 6.45) is 4.03. The molecule has 8 nitrogen and oxygen atoms in total. The Morgan fingerprint density at radius 2 is 1.62 bits per heavy atom. The third-order valence-corrected chi connectivity index (χ3v) is 5.52. The summed E-state index contributed by atoms with van der Waals surface area (Å²) in [4.78, 5) is 0. The molecule has 5 aromatic rings. The number of hydrogen-bond donors (Lipinski definition) is 1. The van der Waals surface area contributed by atoms with Gasteiger partial charge in [0.15, 0.2) is 23.0 Å². The highest BCUT2D eigenvalue weighted by atomic mass is 16.5. The predicted molar refractivity (Wildman–Crippen MR) is 124 cm³/mol. The summed E-state index contributed by atoms with van der Waals surface area (Å²) < 4.78 is 20.4. The van der Waals surface area contributed by atoms with E-state index in [1.54, 1.807) is 21.3 Å². The highest BCUT2D eigenvalue weighted by molar-refractivity contribution is 5.94. The fourth-order valence-corrected chi connectivity index (χ4v) is 3.97. The van der Waals surface area contributed by atoms with E-state index in [1.165, 1.54) is 0 Å². The summed E-state index contributed by atoms with van der Waals surface area (Å²) in [5, 5.41) is 13.4. The molecule has 0 fully saturated rings. The van der Waals surface area contributed by atoms with E-state index >= 15 is 0 Å². The zero-order chi connectivity index (χ0) is 22.2. The summed E-state index contributed by atoms with van der Waals surface area (Å²) in [6.45, 7) is 0. The van der Waals surface area contributed by atoms with E-state index in [4.69, 9.17) is 14.2 Å². The Morgan fingerprint density at radius 3 is 2.34 bits per heavy atom. The molecular weight excluding hydrogens is 406 g/mol. The number of aryl methyl sites for hydroxylation is 1. The largest absolute Gasteiger partial charge is 0.493 e. The minimum atomic E-state index is 0.549.